The molecule has 1 aliphatic heterocycles. The van der Waals surface area contributed by atoms with Crippen molar-refractivity contribution in [1.29, 1.82) is 0 Å². The maximum Gasteiger partial charge on any atom is 0.361 e. The van der Waals surface area contributed by atoms with Crippen LogP contribution in [0.3, 0.4) is 0 Å². The third-order valence-electron chi connectivity index (χ3n) is 2.69. The van der Waals surface area contributed by atoms with Gasteiger partial charge in [-0.15, -0.1) is 0 Å². The SMILES string of the molecule is CCOC(=O)c1nc2n(c(=O)c1O)CCOC2C. The van der Waals surface area contributed by atoms with E-state index >= 15 is 0 Å². The van der Waals surface area contributed by atoms with Crippen LogP contribution in [-0.2, 0) is 16.0 Å². The molecule has 0 saturated carbocycles. The monoisotopic (exact) mass is 254 g/mol. The molecule has 7 nitrogen and oxygen atoms in total. The van der Waals surface area contributed by atoms with Crippen LogP contribution in [0.15, 0.2) is 4.79 Å². The Balaban J connectivity index is 2.57. The lowest BCUT2D eigenvalue weighted by Crippen LogP contribution is -2.34. The average Bonchev–Trinajstić information content (AvgIpc) is 2.34. The Bertz CT molecular complexity index is 537. The molecule has 0 saturated heterocycles. The maximum atomic E-state index is 11.9. The van der Waals surface area contributed by atoms with E-state index in [0.717, 1.165) is 0 Å². The van der Waals surface area contributed by atoms with Gasteiger partial charge in [-0.2, -0.15) is 0 Å². The molecule has 98 valence electrons. The summed E-state index contributed by atoms with van der Waals surface area (Å²) < 4.78 is 11.4. The molecule has 0 aromatic carbocycles. The molecule has 1 aliphatic rings. The van der Waals surface area contributed by atoms with Crippen LogP contribution < -0.4 is 5.56 Å². The Labute approximate surface area is 103 Å². The minimum absolute atomic E-state index is 0.143. The van der Waals surface area contributed by atoms with Gasteiger partial charge in [-0.3, -0.25) is 9.36 Å². The zero-order valence-corrected chi connectivity index (χ0v) is 10.2. The zero-order valence-electron chi connectivity index (χ0n) is 10.2. The van der Waals surface area contributed by atoms with Crippen molar-refractivity contribution < 1.29 is 19.4 Å². The molecule has 1 aromatic heterocycles. The third-order valence-corrected chi connectivity index (χ3v) is 2.69. The number of ether oxygens (including phenoxy) is 2. The van der Waals surface area contributed by atoms with Crippen molar-refractivity contribution in [3.63, 3.8) is 0 Å². The van der Waals surface area contributed by atoms with E-state index in [0.29, 0.717) is 19.0 Å². The van der Waals surface area contributed by atoms with Crippen molar-refractivity contribution in [2.24, 2.45) is 0 Å². The summed E-state index contributed by atoms with van der Waals surface area (Å²) in [6, 6.07) is 0. The first kappa shape index (κ1) is 12.6. The lowest BCUT2D eigenvalue weighted by atomic mass is 10.2. The van der Waals surface area contributed by atoms with Gasteiger partial charge < -0.3 is 14.6 Å². The van der Waals surface area contributed by atoms with Crippen LogP contribution in [0.25, 0.3) is 0 Å². The van der Waals surface area contributed by atoms with Gasteiger partial charge in [0.15, 0.2) is 5.69 Å². The summed E-state index contributed by atoms with van der Waals surface area (Å²) in [5, 5.41) is 9.70. The van der Waals surface area contributed by atoms with Crippen LogP contribution >= 0.6 is 0 Å². The van der Waals surface area contributed by atoms with E-state index in [9.17, 15) is 14.7 Å². The van der Waals surface area contributed by atoms with Gasteiger partial charge in [0.1, 0.15) is 11.9 Å². The highest BCUT2D eigenvalue weighted by atomic mass is 16.5. The van der Waals surface area contributed by atoms with E-state index in [2.05, 4.69) is 4.98 Å². The summed E-state index contributed by atoms with van der Waals surface area (Å²) in [7, 11) is 0. The second kappa shape index (κ2) is 4.77. The Morgan fingerprint density at radius 3 is 3.06 bits per heavy atom. The highest BCUT2D eigenvalue weighted by molar-refractivity contribution is 5.89. The first-order valence-electron chi connectivity index (χ1n) is 5.68. The maximum absolute atomic E-state index is 11.9. The van der Waals surface area contributed by atoms with Crippen LogP contribution in [0.4, 0.5) is 0 Å². The predicted molar refractivity (Wildman–Crippen MR) is 60.5 cm³/mol. The summed E-state index contributed by atoms with van der Waals surface area (Å²) in [6.45, 7) is 4.18. The normalized spacial score (nSPS) is 18.2. The molecule has 0 fully saturated rings. The lowest BCUT2D eigenvalue weighted by molar-refractivity contribution is 0.0249. The summed E-state index contributed by atoms with van der Waals surface area (Å²) in [4.78, 5) is 27.5. The van der Waals surface area contributed by atoms with Crippen LogP contribution in [0.5, 0.6) is 5.75 Å². The summed E-state index contributed by atoms with van der Waals surface area (Å²) in [5.74, 6) is -1.16. The van der Waals surface area contributed by atoms with E-state index in [4.69, 9.17) is 9.47 Å². The summed E-state index contributed by atoms with van der Waals surface area (Å²) in [5.41, 5.74) is -0.997. The Kier molecular flexibility index (Phi) is 3.33. The van der Waals surface area contributed by atoms with Gasteiger partial charge in [0.05, 0.1) is 19.8 Å². The molecule has 2 heterocycles. The van der Waals surface area contributed by atoms with Crippen LogP contribution in [-0.4, -0.2) is 33.8 Å². The Morgan fingerprint density at radius 1 is 1.67 bits per heavy atom. The van der Waals surface area contributed by atoms with Crippen molar-refractivity contribution >= 4 is 5.97 Å². The number of aromatic nitrogens is 2. The molecule has 18 heavy (non-hydrogen) atoms. The molecular weight excluding hydrogens is 240 g/mol. The lowest BCUT2D eigenvalue weighted by Gasteiger charge is -2.24. The number of carbonyl (C=O) groups excluding carboxylic acids is 1. The summed E-state index contributed by atoms with van der Waals surface area (Å²) >= 11 is 0. The van der Waals surface area contributed by atoms with E-state index in [1.807, 2.05) is 0 Å². The van der Waals surface area contributed by atoms with E-state index < -0.39 is 23.4 Å². The van der Waals surface area contributed by atoms with Crippen LogP contribution in [0, 0.1) is 0 Å². The van der Waals surface area contributed by atoms with Gasteiger partial charge in [-0.25, -0.2) is 9.78 Å². The van der Waals surface area contributed by atoms with Gasteiger partial charge in [0.2, 0.25) is 5.75 Å². The van der Waals surface area contributed by atoms with Gasteiger partial charge in [0, 0.05) is 0 Å². The van der Waals surface area contributed by atoms with Crippen molar-refractivity contribution in [3.8, 4) is 5.75 Å². The Hall–Kier alpha value is -1.89. The fourth-order valence-corrected chi connectivity index (χ4v) is 1.82. The summed E-state index contributed by atoms with van der Waals surface area (Å²) in [6.07, 6.45) is -0.403. The number of carbonyl (C=O) groups is 1. The fraction of sp³-hybridized carbons (Fsp3) is 0.545. The van der Waals surface area contributed by atoms with Crippen molar-refractivity contribution in [2.45, 2.75) is 26.5 Å². The van der Waals surface area contributed by atoms with Gasteiger partial charge >= 0.3 is 5.97 Å². The number of hydrogen-bond acceptors (Lipinski definition) is 6. The minimum atomic E-state index is -0.812. The van der Waals surface area contributed by atoms with E-state index in [1.165, 1.54) is 4.57 Å². The molecule has 0 bridgehead atoms. The largest absolute Gasteiger partial charge is 0.501 e. The van der Waals surface area contributed by atoms with Gasteiger partial charge in [-0.1, -0.05) is 0 Å². The van der Waals surface area contributed by atoms with Crippen molar-refractivity contribution in [2.75, 3.05) is 13.2 Å². The quantitative estimate of drug-likeness (QED) is 0.759. The second-order valence-electron chi connectivity index (χ2n) is 3.86. The molecule has 0 aliphatic carbocycles. The van der Waals surface area contributed by atoms with Crippen LogP contribution in [0.2, 0.25) is 0 Å². The molecule has 7 heteroatoms. The zero-order chi connectivity index (χ0) is 13.3. The van der Waals surface area contributed by atoms with Crippen LogP contribution in [0.1, 0.15) is 36.3 Å². The highest BCUT2D eigenvalue weighted by Crippen LogP contribution is 2.21. The van der Waals surface area contributed by atoms with Crippen molar-refractivity contribution in [1.82, 2.24) is 9.55 Å². The smallest absolute Gasteiger partial charge is 0.361 e. The molecule has 1 unspecified atom stereocenters. The molecule has 1 aromatic rings. The number of hydrogen-bond donors (Lipinski definition) is 1. The minimum Gasteiger partial charge on any atom is -0.501 e. The molecule has 2 rings (SSSR count). The van der Waals surface area contributed by atoms with E-state index in [-0.39, 0.29) is 12.3 Å². The fourth-order valence-electron chi connectivity index (χ4n) is 1.82. The highest BCUT2D eigenvalue weighted by Gasteiger charge is 2.27. The predicted octanol–water partition coefficient (Wildman–Crippen LogP) is 0.217. The number of fused-ring (bicyclic) bond motifs is 1. The number of rotatable bonds is 2. The first-order chi connectivity index (χ1) is 8.56. The second-order valence-corrected chi connectivity index (χ2v) is 3.86. The number of aromatic hydroxyl groups is 1. The van der Waals surface area contributed by atoms with Gasteiger partial charge in [0.25, 0.3) is 5.56 Å². The first-order valence-corrected chi connectivity index (χ1v) is 5.68. The number of nitrogens with zero attached hydrogens (tertiary/aromatic N) is 2. The standard InChI is InChI=1S/C11H14N2O5/c1-3-17-11(16)7-8(14)10(15)13-4-5-18-6(2)9(13)12-7/h6,14H,3-5H2,1-2H3. The molecular formula is C11H14N2O5. The van der Waals surface area contributed by atoms with Gasteiger partial charge in [-0.05, 0) is 13.8 Å². The average molecular weight is 254 g/mol. The number of esters is 1. The Morgan fingerprint density at radius 2 is 2.39 bits per heavy atom. The molecule has 0 radical (unpaired) electrons. The topological polar surface area (TPSA) is 90.7 Å². The molecule has 1 atom stereocenters. The molecule has 1 N–H and O–H groups in total. The molecule has 0 spiro atoms. The third kappa shape index (κ3) is 1.97. The molecule has 0 amide bonds. The van der Waals surface area contributed by atoms with E-state index in [1.54, 1.807) is 13.8 Å². The van der Waals surface area contributed by atoms with Crippen molar-refractivity contribution in [3.05, 3.63) is 21.9 Å².